The highest BCUT2D eigenvalue weighted by Gasteiger charge is 2.30. The Bertz CT molecular complexity index is 198. The van der Waals surface area contributed by atoms with Crippen molar-refractivity contribution in [2.24, 2.45) is 5.41 Å². The molecule has 0 aliphatic heterocycles. The zero-order chi connectivity index (χ0) is 9.73. The molecular formula is C11H18O2. The second kappa shape index (κ2) is 4.54. The summed E-state index contributed by atoms with van der Waals surface area (Å²) in [7, 11) is 0. The Morgan fingerprint density at radius 3 is 2.92 bits per heavy atom. The van der Waals surface area contributed by atoms with Crippen molar-refractivity contribution in [1.29, 1.82) is 0 Å². The van der Waals surface area contributed by atoms with Gasteiger partial charge in [0.2, 0.25) is 0 Å². The summed E-state index contributed by atoms with van der Waals surface area (Å²) >= 11 is 0. The maximum atomic E-state index is 11.2. The lowest BCUT2D eigenvalue weighted by Gasteiger charge is -2.32. The van der Waals surface area contributed by atoms with Crippen molar-refractivity contribution in [3.63, 3.8) is 0 Å². The van der Waals surface area contributed by atoms with Gasteiger partial charge in [0.05, 0.1) is 0 Å². The molecule has 0 aromatic heterocycles. The molecule has 13 heavy (non-hydrogen) atoms. The van der Waals surface area contributed by atoms with Gasteiger partial charge in [0.15, 0.2) is 0 Å². The molecule has 1 saturated carbocycles. The molecule has 1 aliphatic carbocycles. The summed E-state index contributed by atoms with van der Waals surface area (Å²) in [5.41, 5.74) is 0.193. The number of carbonyl (C=O) groups is 2. The minimum atomic E-state index is 0.193. The molecule has 1 fully saturated rings. The van der Waals surface area contributed by atoms with Crippen molar-refractivity contribution in [3.8, 4) is 0 Å². The number of hydrogen-bond acceptors (Lipinski definition) is 2. The molecule has 0 bridgehead atoms. The third kappa shape index (κ3) is 3.29. The topological polar surface area (TPSA) is 34.1 Å². The Labute approximate surface area is 79.7 Å². The lowest BCUT2D eigenvalue weighted by atomic mass is 9.72. The summed E-state index contributed by atoms with van der Waals surface area (Å²) in [6.07, 6.45) is 7.26. The average molecular weight is 182 g/mol. The van der Waals surface area contributed by atoms with E-state index in [1.54, 1.807) is 0 Å². The Balaban J connectivity index is 2.35. The van der Waals surface area contributed by atoms with E-state index in [4.69, 9.17) is 0 Å². The molecule has 0 aromatic carbocycles. The highest BCUT2D eigenvalue weighted by molar-refractivity contribution is 5.79. The van der Waals surface area contributed by atoms with E-state index < -0.39 is 0 Å². The van der Waals surface area contributed by atoms with Gasteiger partial charge in [0.25, 0.3) is 0 Å². The van der Waals surface area contributed by atoms with Gasteiger partial charge in [-0.15, -0.1) is 0 Å². The summed E-state index contributed by atoms with van der Waals surface area (Å²) < 4.78 is 0. The van der Waals surface area contributed by atoms with Crippen LogP contribution in [0.3, 0.4) is 0 Å². The number of hydrogen-bond donors (Lipinski definition) is 0. The molecule has 2 heteroatoms. The fourth-order valence-corrected chi connectivity index (χ4v) is 2.19. The monoisotopic (exact) mass is 182 g/mol. The van der Waals surface area contributed by atoms with Gasteiger partial charge in [-0.2, -0.15) is 0 Å². The Morgan fingerprint density at radius 1 is 1.54 bits per heavy atom. The second-order valence-electron chi connectivity index (χ2n) is 4.44. The van der Waals surface area contributed by atoms with Crippen LogP contribution < -0.4 is 0 Å². The molecular weight excluding hydrogens is 164 g/mol. The quantitative estimate of drug-likeness (QED) is 0.494. The van der Waals surface area contributed by atoms with Crippen LogP contribution in [0, 0.1) is 5.41 Å². The predicted molar refractivity (Wildman–Crippen MR) is 51.5 cm³/mol. The largest absolute Gasteiger partial charge is 0.303 e. The van der Waals surface area contributed by atoms with E-state index in [1.165, 1.54) is 0 Å². The van der Waals surface area contributed by atoms with Crippen LogP contribution in [0.25, 0.3) is 0 Å². The van der Waals surface area contributed by atoms with Crippen LogP contribution in [0.2, 0.25) is 0 Å². The SMILES string of the molecule is CC1(CCCC=O)CCCC(=O)C1. The molecule has 0 amide bonds. The lowest BCUT2D eigenvalue weighted by molar-refractivity contribution is -0.123. The third-order valence-electron chi connectivity index (χ3n) is 2.96. The Hall–Kier alpha value is -0.660. The molecule has 0 spiro atoms. The van der Waals surface area contributed by atoms with E-state index >= 15 is 0 Å². The number of ketones is 1. The number of aldehydes is 1. The van der Waals surface area contributed by atoms with Crippen molar-refractivity contribution in [2.75, 3.05) is 0 Å². The summed E-state index contributed by atoms with van der Waals surface area (Å²) in [6.45, 7) is 2.18. The molecule has 1 unspecified atom stereocenters. The van der Waals surface area contributed by atoms with Gasteiger partial charge in [-0.1, -0.05) is 6.92 Å². The van der Waals surface area contributed by atoms with E-state index in [2.05, 4.69) is 6.92 Å². The molecule has 1 atom stereocenters. The average Bonchev–Trinajstić information content (AvgIpc) is 2.04. The molecule has 0 radical (unpaired) electrons. The fourth-order valence-electron chi connectivity index (χ4n) is 2.19. The Kier molecular flexibility index (Phi) is 3.64. The van der Waals surface area contributed by atoms with Crippen LogP contribution in [0.5, 0.6) is 0 Å². The van der Waals surface area contributed by atoms with Crippen molar-refractivity contribution >= 4 is 12.1 Å². The lowest BCUT2D eigenvalue weighted by Crippen LogP contribution is -2.25. The number of carbonyl (C=O) groups excluding carboxylic acids is 2. The fraction of sp³-hybridized carbons (Fsp3) is 0.818. The number of rotatable bonds is 4. The first-order valence-electron chi connectivity index (χ1n) is 5.12. The van der Waals surface area contributed by atoms with E-state index in [0.29, 0.717) is 12.2 Å². The van der Waals surface area contributed by atoms with Crippen LogP contribution >= 0.6 is 0 Å². The second-order valence-corrected chi connectivity index (χ2v) is 4.44. The molecule has 1 aliphatic rings. The highest BCUT2D eigenvalue weighted by Crippen LogP contribution is 2.38. The normalized spacial score (nSPS) is 28.8. The summed E-state index contributed by atoms with van der Waals surface area (Å²) in [5.74, 6) is 0.403. The van der Waals surface area contributed by atoms with Crippen molar-refractivity contribution < 1.29 is 9.59 Å². The van der Waals surface area contributed by atoms with Gasteiger partial charge in [-0.3, -0.25) is 4.79 Å². The van der Waals surface area contributed by atoms with Gasteiger partial charge in [-0.25, -0.2) is 0 Å². The van der Waals surface area contributed by atoms with Crippen LogP contribution in [-0.2, 0) is 9.59 Å². The van der Waals surface area contributed by atoms with Crippen molar-refractivity contribution in [1.82, 2.24) is 0 Å². The molecule has 74 valence electrons. The maximum absolute atomic E-state index is 11.2. The number of unbranched alkanes of at least 4 members (excludes halogenated alkanes) is 1. The van der Waals surface area contributed by atoms with Crippen LogP contribution in [0.15, 0.2) is 0 Å². The van der Waals surface area contributed by atoms with E-state index in [0.717, 1.165) is 44.8 Å². The Morgan fingerprint density at radius 2 is 2.31 bits per heavy atom. The molecule has 2 nitrogen and oxygen atoms in total. The van der Waals surface area contributed by atoms with Gasteiger partial charge in [0.1, 0.15) is 12.1 Å². The van der Waals surface area contributed by atoms with E-state index in [-0.39, 0.29) is 5.41 Å². The zero-order valence-corrected chi connectivity index (χ0v) is 8.34. The smallest absolute Gasteiger partial charge is 0.133 e. The molecule has 0 saturated heterocycles. The van der Waals surface area contributed by atoms with Gasteiger partial charge >= 0.3 is 0 Å². The van der Waals surface area contributed by atoms with E-state index in [9.17, 15) is 9.59 Å². The zero-order valence-electron chi connectivity index (χ0n) is 8.34. The van der Waals surface area contributed by atoms with Crippen LogP contribution in [0.1, 0.15) is 51.9 Å². The van der Waals surface area contributed by atoms with E-state index in [1.807, 2.05) is 0 Å². The first-order valence-corrected chi connectivity index (χ1v) is 5.12. The van der Waals surface area contributed by atoms with Gasteiger partial charge < -0.3 is 4.79 Å². The number of Topliss-reactive ketones (excluding diaryl/α,β-unsaturated/α-hetero) is 1. The summed E-state index contributed by atoms with van der Waals surface area (Å²) in [4.78, 5) is 21.4. The van der Waals surface area contributed by atoms with Crippen molar-refractivity contribution in [3.05, 3.63) is 0 Å². The first kappa shape index (κ1) is 10.4. The summed E-state index contributed by atoms with van der Waals surface area (Å²) in [6, 6.07) is 0. The summed E-state index contributed by atoms with van der Waals surface area (Å²) in [5, 5.41) is 0. The van der Waals surface area contributed by atoms with Gasteiger partial charge in [0, 0.05) is 19.3 Å². The predicted octanol–water partition coefficient (Wildman–Crippen LogP) is 2.51. The first-order chi connectivity index (χ1) is 6.16. The minimum Gasteiger partial charge on any atom is -0.303 e. The molecule has 0 N–H and O–H groups in total. The molecule has 0 aromatic rings. The minimum absolute atomic E-state index is 0.193. The molecule has 1 rings (SSSR count). The molecule has 0 heterocycles. The maximum Gasteiger partial charge on any atom is 0.133 e. The van der Waals surface area contributed by atoms with Gasteiger partial charge in [-0.05, 0) is 31.1 Å². The standard InChI is InChI=1S/C11H18O2/c1-11(6-2-3-8-12)7-4-5-10(13)9-11/h8H,2-7,9H2,1H3. The van der Waals surface area contributed by atoms with Crippen LogP contribution in [0.4, 0.5) is 0 Å². The van der Waals surface area contributed by atoms with Crippen LogP contribution in [-0.4, -0.2) is 12.1 Å². The third-order valence-corrected chi connectivity index (χ3v) is 2.96. The highest BCUT2D eigenvalue weighted by atomic mass is 16.1. The van der Waals surface area contributed by atoms with Crippen molar-refractivity contribution in [2.45, 2.75) is 51.9 Å².